The minimum atomic E-state index is -0.655. The van der Waals surface area contributed by atoms with E-state index in [1.54, 1.807) is 24.0 Å². The Morgan fingerprint density at radius 1 is 1.50 bits per heavy atom. The highest BCUT2D eigenvalue weighted by Crippen LogP contribution is 2.23. The molecular weight excluding hydrogens is 230 g/mol. The molecule has 0 spiro atoms. The molecule has 1 aliphatic heterocycles. The van der Waals surface area contributed by atoms with Crippen molar-refractivity contribution in [2.75, 3.05) is 13.1 Å². The standard InChI is InChI=1S/C11H14ClNO3/c1-11(15)4-6-13(7-5-11)10(14)8-2-3-9(12)16-8/h2-3,15H,4-7H2,1H3. The summed E-state index contributed by atoms with van der Waals surface area (Å²) in [6.45, 7) is 2.88. The molecule has 1 saturated heterocycles. The second-order valence-electron chi connectivity index (χ2n) is 4.39. The Morgan fingerprint density at radius 2 is 2.12 bits per heavy atom. The van der Waals surface area contributed by atoms with Gasteiger partial charge in [0, 0.05) is 13.1 Å². The van der Waals surface area contributed by atoms with Gasteiger partial charge in [-0.3, -0.25) is 4.79 Å². The molecule has 0 aromatic carbocycles. The summed E-state index contributed by atoms with van der Waals surface area (Å²) in [5, 5.41) is 9.98. The van der Waals surface area contributed by atoms with Gasteiger partial charge in [-0.1, -0.05) is 0 Å². The van der Waals surface area contributed by atoms with E-state index in [4.69, 9.17) is 16.0 Å². The second-order valence-corrected chi connectivity index (χ2v) is 4.77. The molecular formula is C11H14ClNO3. The van der Waals surface area contributed by atoms with Gasteiger partial charge in [0.05, 0.1) is 5.60 Å². The third-order valence-corrected chi connectivity index (χ3v) is 3.11. The van der Waals surface area contributed by atoms with Crippen molar-refractivity contribution < 1.29 is 14.3 Å². The fraction of sp³-hybridized carbons (Fsp3) is 0.545. The number of carbonyl (C=O) groups is 1. The van der Waals surface area contributed by atoms with Crippen LogP contribution in [0.15, 0.2) is 16.5 Å². The molecule has 5 heteroatoms. The van der Waals surface area contributed by atoms with Gasteiger partial charge in [0.15, 0.2) is 11.0 Å². The van der Waals surface area contributed by atoms with Gasteiger partial charge < -0.3 is 14.4 Å². The Bertz CT molecular complexity index is 390. The summed E-state index contributed by atoms with van der Waals surface area (Å²) in [5.74, 6) is 0.0916. The third kappa shape index (κ3) is 2.39. The highest BCUT2D eigenvalue weighted by Gasteiger charge is 2.30. The third-order valence-electron chi connectivity index (χ3n) is 2.91. The monoisotopic (exact) mass is 243 g/mol. The Morgan fingerprint density at radius 3 is 2.62 bits per heavy atom. The molecule has 2 heterocycles. The predicted molar refractivity (Wildman–Crippen MR) is 59.5 cm³/mol. The molecule has 4 nitrogen and oxygen atoms in total. The number of rotatable bonds is 1. The van der Waals surface area contributed by atoms with Crippen LogP contribution in [-0.4, -0.2) is 34.6 Å². The first-order valence-electron chi connectivity index (χ1n) is 5.25. The van der Waals surface area contributed by atoms with Crippen molar-refractivity contribution in [3.63, 3.8) is 0 Å². The zero-order chi connectivity index (χ0) is 11.8. The molecule has 1 amide bonds. The van der Waals surface area contributed by atoms with Crippen LogP contribution in [0, 0.1) is 0 Å². The van der Waals surface area contributed by atoms with Gasteiger partial charge in [-0.2, -0.15) is 0 Å². The van der Waals surface area contributed by atoms with Crippen molar-refractivity contribution in [2.24, 2.45) is 0 Å². The van der Waals surface area contributed by atoms with Gasteiger partial charge in [0.25, 0.3) is 5.91 Å². The fourth-order valence-electron chi connectivity index (χ4n) is 1.78. The lowest BCUT2D eigenvalue weighted by atomic mass is 9.94. The lowest BCUT2D eigenvalue weighted by Crippen LogP contribution is -2.45. The first-order chi connectivity index (χ1) is 7.48. The highest BCUT2D eigenvalue weighted by atomic mass is 35.5. The van der Waals surface area contributed by atoms with Crippen LogP contribution in [0.1, 0.15) is 30.3 Å². The van der Waals surface area contributed by atoms with Crippen molar-refractivity contribution in [2.45, 2.75) is 25.4 Å². The van der Waals surface area contributed by atoms with Crippen molar-refractivity contribution >= 4 is 17.5 Å². The number of carbonyl (C=O) groups excluding carboxylic acids is 1. The van der Waals surface area contributed by atoms with E-state index in [-0.39, 0.29) is 16.9 Å². The Labute approximate surface area is 98.8 Å². The lowest BCUT2D eigenvalue weighted by Gasteiger charge is -2.35. The van der Waals surface area contributed by atoms with Gasteiger partial charge in [0.2, 0.25) is 0 Å². The molecule has 2 rings (SSSR count). The van der Waals surface area contributed by atoms with Crippen LogP contribution in [0.5, 0.6) is 0 Å². The molecule has 1 aliphatic rings. The molecule has 0 saturated carbocycles. The molecule has 1 N–H and O–H groups in total. The molecule has 88 valence electrons. The quantitative estimate of drug-likeness (QED) is 0.820. The highest BCUT2D eigenvalue weighted by molar-refractivity contribution is 6.29. The van der Waals surface area contributed by atoms with Gasteiger partial charge in [-0.25, -0.2) is 0 Å². The van der Waals surface area contributed by atoms with Crippen LogP contribution in [0.4, 0.5) is 0 Å². The zero-order valence-corrected chi connectivity index (χ0v) is 9.83. The lowest BCUT2D eigenvalue weighted by molar-refractivity contribution is -0.00287. The van der Waals surface area contributed by atoms with E-state index in [0.29, 0.717) is 25.9 Å². The number of hydrogen-bond acceptors (Lipinski definition) is 3. The fourth-order valence-corrected chi connectivity index (χ4v) is 1.92. The van der Waals surface area contributed by atoms with Crippen LogP contribution >= 0.6 is 11.6 Å². The smallest absolute Gasteiger partial charge is 0.289 e. The number of hydrogen-bond donors (Lipinski definition) is 1. The van der Waals surface area contributed by atoms with Crippen LogP contribution < -0.4 is 0 Å². The van der Waals surface area contributed by atoms with Crippen molar-refractivity contribution in [3.8, 4) is 0 Å². The number of furan rings is 1. The van der Waals surface area contributed by atoms with E-state index < -0.39 is 5.60 Å². The zero-order valence-electron chi connectivity index (χ0n) is 9.07. The normalized spacial score (nSPS) is 19.8. The summed E-state index contributed by atoms with van der Waals surface area (Å²) in [6.07, 6.45) is 1.18. The van der Waals surface area contributed by atoms with Crippen molar-refractivity contribution in [1.29, 1.82) is 0 Å². The second kappa shape index (κ2) is 4.11. The topological polar surface area (TPSA) is 53.7 Å². The van der Waals surface area contributed by atoms with E-state index >= 15 is 0 Å². The first kappa shape index (κ1) is 11.5. The summed E-state index contributed by atoms with van der Waals surface area (Å²) >= 11 is 5.61. The van der Waals surface area contributed by atoms with E-state index in [1.807, 2.05) is 0 Å². The van der Waals surface area contributed by atoms with Crippen LogP contribution in [0.2, 0.25) is 5.22 Å². The molecule has 0 aliphatic carbocycles. The number of likely N-dealkylation sites (tertiary alicyclic amines) is 1. The minimum Gasteiger partial charge on any atom is -0.440 e. The molecule has 0 bridgehead atoms. The Kier molecular flexibility index (Phi) is 2.95. The number of aliphatic hydroxyl groups is 1. The first-order valence-corrected chi connectivity index (χ1v) is 5.63. The van der Waals surface area contributed by atoms with Gasteiger partial charge in [0.1, 0.15) is 0 Å². The minimum absolute atomic E-state index is 0.164. The van der Waals surface area contributed by atoms with Crippen LogP contribution in [0.3, 0.4) is 0 Å². The SMILES string of the molecule is CC1(O)CCN(C(=O)c2ccc(Cl)o2)CC1. The number of amides is 1. The van der Waals surface area contributed by atoms with E-state index in [1.165, 1.54) is 0 Å². The molecule has 1 fully saturated rings. The summed E-state index contributed by atoms with van der Waals surface area (Å²) in [5.41, 5.74) is -0.655. The van der Waals surface area contributed by atoms with Gasteiger partial charge >= 0.3 is 0 Å². The van der Waals surface area contributed by atoms with E-state index in [9.17, 15) is 9.90 Å². The summed E-state index contributed by atoms with van der Waals surface area (Å²) in [6, 6.07) is 3.12. The molecule has 0 atom stereocenters. The Hall–Kier alpha value is -1.00. The van der Waals surface area contributed by atoms with E-state index in [0.717, 1.165) is 0 Å². The van der Waals surface area contributed by atoms with Crippen LogP contribution in [0.25, 0.3) is 0 Å². The Balaban J connectivity index is 2.02. The average molecular weight is 244 g/mol. The largest absolute Gasteiger partial charge is 0.440 e. The molecule has 16 heavy (non-hydrogen) atoms. The van der Waals surface area contributed by atoms with Crippen molar-refractivity contribution in [1.82, 2.24) is 4.90 Å². The molecule has 1 aromatic heterocycles. The predicted octanol–water partition coefficient (Wildman–Crippen LogP) is 1.92. The number of piperidine rings is 1. The van der Waals surface area contributed by atoms with Crippen LogP contribution in [-0.2, 0) is 0 Å². The molecule has 0 unspecified atom stereocenters. The number of halogens is 1. The summed E-state index contributed by atoms with van der Waals surface area (Å²) in [7, 11) is 0. The molecule has 0 radical (unpaired) electrons. The van der Waals surface area contributed by atoms with E-state index in [2.05, 4.69) is 0 Å². The molecule has 1 aromatic rings. The maximum atomic E-state index is 11.9. The van der Waals surface area contributed by atoms with Crippen molar-refractivity contribution in [3.05, 3.63) is 23.1 Å². The summed E-state index contributed by atoms with van der Waals surface area (Å²) in [4.78, 5) is 13.6. The average Bonchev–Trinajstić information content (AvgIpc) is 2.64. The number of nitrogens with zero attached hydrogens (tertiary/aromatic N) is 1. The summed E-state index contributed by atoms with van der Waals surface area (Å²) < 4.78 is 5.06. The maximum Gasteiger partial charge on any atom is 0.289 e. The van der Waals surface area contributed by atoms with Gasteiger partial charge in [-0.05, 0) is 43.5 Å². The maximum absolute atomic E-state index is 11.9. The van der Waals surface area contributed by atoms with Gasteiger partial charge in [-0.15, -0.1) is 0 Å².